The van der Waals surface area contributed by atoms with Gasteiger partial charge in [-0.3, -0.25) is 25.3 Å². The van der Waals surface area contributed by atoms with Crippen LogP contribution in [0.3, 0.4) is 0 Å². The van der Waals surface area contributed by atoms with E-state index >= 15 is 0 Å². The van der Waals surface area contributed by atoms with Crippen LogP contribution in [0.4, 0.5) is 5.82 Å². The van der Waals surface area contributed by atoms with Crippen LogP contribution in [0, 0.1) is 0 Å². The van der Waals surface area contributed by atoms with E-state index in [2.05, 4.69) is 15.8 Å². The summed E-state index contributed by atoms with van der Waals surface area (Å²) in [5.41, 5.74) is 5.32. The van der Waals surface area contributed by atoms with Crippen molar-refractivity contribution in [1.29, 1.82) is 0 Å². The van der Waals surface area contributed by atoms with Crippen molar-refractivity contribution in [2.45, 2.75) is 31.7 Å². The highest BCUT2D eigenvalue weighted by molar-refractivity contribution is 5.79. The van der Waals surface area contributed by atoms with Crippen LogP contribution in [0.25, 0.3) is 0 Å². The van der Waals surface area contributed by atoms with Gasteiger partial charge in [-0.1, -0.05) is 12.5 Å². The van der Waals surface area contributed by atoms with E-state index in [0.717, 1.165) is 25.8 Å². The summed E-state index contributed by atoms with van der Waals surface area (Å²) in [7, 11) is 0. The Morgan fingerprint density at radius 3 is 2.95 bits per heavy atom. The van der Waals surface area contributed by atoms with E-state index in [0.29, 0.717) is 5.82 Å². The van der Waals surface area contributed by atoms with Crippen LogP contribution in [0.15, 0.2) is 24.4 Å². The topological polar surface area (TPSA) is 94.6 Å². The van der Waals surface area contributed by atoms with E-state index < -0.39 is 5.97 Å². The Morgan fingerprint density at radius 2 is 2.24 bits per heavy atom. The molecule has 0 aromatic carbocycles. The number of carbonyl (C=O) groups is 2. The average molecular weight is 292 g/mol. The highest BCUT2D eigenvalue weighted by atomic mass is 16.4. The molecule has 2 rings (SSSR count). The Balaban J connectivity index is 1.81. The van der Waals surface area contributed by atoms with Gasteiger partial charge in [0.25, 0.3) is 5.91 Å². The predicted molar refractivity (Wildman–Crippen MR) is 77.5 cm³/mol. The van der Waals surface area contributed by atoms with Gasteiger partial charge in [-0.2, -0.15) is 0 Å². The summed E-state index contributed by atoms with van der Waals surface area (Å²) in [5, 5.41) is 8.92. The molecule has 1 saturated heterocycles. The van der Waals surface area contributed by atoms with Gasteiger partial charge >= 0.3 is 5.97 Å². The first kappa shape index (κ1) is 15.2. The molecular weight excluding hydrogens is 272 g/mol. The Morgan fingerprint density at radius 1 is 1.38 bits per heavy atom. The van der Waals surface area contributed by atoms with Crippen molar-refractivity contribution in [2.24, 2.45) is 0 Å². The number of carboxylic acid groups (broad SMARTS) is 1. The van der Waals surface area contributed by atoms with E-state index in [1.807, 2.05) is 11.0 Å². The lowest BCUT2D eigenvalue weighted by Gasteiger charge is -2.34. The Hall–Kier alpha value is -2.15. The van der Waals surface area contributed by atoms with Gasteiger partial charge in [0.15, 0.2) is 0 Å². The quantitative estimate of drug-likeness (QED) is 0.673. The van der Waals surface area contributed by atoms with Gasteiger partial charge < -0.3 is 5.11 Å². The second-order valence-corrected chi connectivity index (χ2v) is 5.11. The molecule has 1 unspecified atom stereocenters. The molecule has 1 fully saturated rings. The highest BCUT2D eigenvalue weighted by Gasteiger charge is 2.26. The number of aromatic nitrogens is 1. The number of amides is 1. The molecule has 2 heterocycles. The predicted octanol–water partition coefficient (Wildman–Crippen LogP) is 0.854. The van der Waals surface area contributed by atoms with E-state index in [-0.39, 0.29) is 24.9 Å². The van der Waals surface area contributed by atoms with Crippen LogP contribution in [-0.4, -0.2) is 46.0 Å². The molecule has 0 spiro atoms. The van der Waals surface area contributed by atoms with Gasteiger partial charge in [0.2, 0.25) is 0 Å². The number of anilines is 1. The zero-order valence-electron chi connectivity index (χ0n) is 11.8. The maximum Gasteiger partial charge on any atom is 0.304 e. The summed E-state index contributed by atoms with van der Waals surface area (Å²) >= 11 is 0. The van der Waals surface area contributed by atoms with Gasteiger partial charge in [0, 0.05) is 12.2 Å². The van der Waals surface area contributed by atoms with Crippen LogP contribution in [-0.2, 0) is 9.59 Å². The molecule has 7 heteroatoms. The molecule has 3 N–H and O–H groups in total. The van der Waals surface area contributed by atoms with Crippen molar-refractivity contribution in [3.63, 3.8) is 0 Å². The highest BCUT2D eigenvalue weighted by Crippen LogP contribution is 2.19. The van der Waals surface area contributed by atoms with E-state index in [9.17, 15) is 9.59 Å². The van der Waals surface area contributed by atoms with Crippen molar-refractivity contribution < 1.29 is 14.7 Å². The number of rotatable bonds is 6. The van der Waals surface area contributed by atoms with Gasteiger partial charge in [-0.15, -0.1) is 0 Å². The van der Waals surface area contributed by atoms with Crippen molar-refractivity contribution in [2.75, 3.05) is 18.5 Å². The monoisotopic (exact) mass is 292 g/mol. The van der Waals surface area contributed by atoms with Crippen LogP contribution in [0.2, 0.25) is 0 Å². The minimum absolute atomic E-state index is 0.0585. The standard InChI is InChI=1S/C14H20N4O3/c19-13(17-16-12-6-1-3-7-15-12)10-18-8-4-2-5-11(18)9-14(20)21/h1,3,6-7,11H,2,4-5,8-10H2,(H,15,16)(H,17,19)(H,20,21). The number of piperidine rings is 1. The molecule has 1 aliphatic heterocycles. The molecule has 7 nitrogen and oxygen atoms in total. The maximum absolute atomic E-state index is 11.9. The number of nitrogens with zero attached hydrogens (tertiary/aromatic N) is 2. The van der Waals surface area contributed by atoms with E-state index in [4.69, 9.17) is 5.11 Å². The summed E-state index contributed by atoms with van der Waals surface area (Å²) in [6.45, 7) is 0.951. The molecule has 1 atom stereocenters. The van der Waals surface area contributed by atoms with Gasteiger partial charge in [-0.05, 0) is 31.5 Å². The number of carboxylic acids is 1. The number of carbonyl (C=O) groups excluding carboxylic acids is 1. The molecule has 0 saturated carbocycles. The van der Waals surface area contributed by atoms with Gasteiger partial charge in [0.05, 0.1) is 13.0 Å². The molecule has 1 aliphatic rings. The molecule has 1 aromatic heterocycles. The smallest absolute Gasteiger partial charge is 0.304 e. The maximum atomic E-state index is 11.9. The van der Waals surface area contributed by atoms with Crippen LogP contribution >= 0.6 is 0 Å². The Bertz CT molecular complexity index is 480. The van der Waals surface area contributed by atoms with Crippen molar-refractivity contribution in [3.05, 3.63) is 24.4 Å². The molecule has 21 heavy (non-hydrogen) atoms. The third kappa shape index (κ3) is 5.03. The average Bonchev–Trinajstić information content (AvgIpc) is 2.48. The summed E-state index contributed by atoms with van der Waals surface area (Å²) in [4.78, 5) is 28.8. The zero-order chi connectivity index (χ0) is 15.1. The van der Waals surface area contributed by atoms with E-state index in [1.54, 1.807) is 18.3 Å². The lowest BCUT2D eigenvalue weighted by atomic mass is 9.99. The van der Waals surface area contributed by atoms with Gasteiger partial charge in [0.1, 0.15) is 5.82 Å². The lowest BCUT2D eigenvalue weighted by Crippen LogP contribution is -2.47. The minimum Gasteiger partial charge on any atom is -0.481 e. The first-order valence-electron chi connectivity index (χ1n) is 7.07. The summed E-state index contributed by atoms with van der Waals surface area (Å²) in [5.74, 6) is -0.455. The molecule has 1 aromatic rings. The Kier molecular flexibility index (Phi) is 5.51. The largest absolute Gasteiger partial charge is 0.481 e. The number of hydrogen-bond acceptors (Lipinski definition) is 5. The SMILES string of the molecule is O=C(O)CC1CCCCN1CC(=O)NNc1ccccn1. The first-order valence-corrected chi connectivity index (χ1v) is 7.07. The number of nitrogens with one attached hydrogen (secondary N) is 2. The molecular formula is C14H20N4O3. The van der Waals surface area contributed by atoms with Crippen molar-refractivity contribution >= 4 is 17.7 Å². The summed E-state index contributed by atoms with van der Waals surface area (Å²) < 4.78 is 0. The second kappa shape index (κ2) is 7.58. The fourth-order valence-corrected chi connectivity index (χ4v) is 2.50. The van der Waals surface area contributed by atoms with E-state index in [1.165, 1.54) is 0 Å². The van der Waals surface area contributed by atoms with Crippen molar-refractivity contribution in [3.8, 4) is 0 Å². The molecule has 0 aliphatic carbocycles. The third-order valence-electron chi connectivity index (χ3n) is 3.50. The summed E-state index contributed by atoms with van der Waals surface area (Å²) in [6, 6.07) is 5.29. The lowest BCUT2D eigenvalue weighted by molar-refractivity contribution is -0.139. The normalized spacial score (nSPS) is 19.0. The van der Waals surface area contributed by atoms with Crippen LogP contribution < -0.4 is 10.9 Å². The molecule has 0 bridgehead atoms. The fourth-order valence-electron chi connectivity index (χ4n) is 2.50. The Labute approximate surface area is 123 Å². The zero-order valence-corrected chi connectivity index (χ0v) is 11.8. The number of likely N-dealkylation sites (tertiary alicyclic amines) is 1. The molecule has 0 radical (unpaired) electrons. The first-order chi connectivity index (χ1) is 10.1. The van der Waals surface area contributed by atoms with Gasteiger partial charge in [-0.25, -0.2) is 4.98 Å². The summed E-state index contributed by atoms with van der Waals surface area (Å²) in [6.07, 6.45) is 4.55. The molecule has 1 amide bonds. The molecule has 114 valence electrons. The minimum atomic E-state index is -0.820. The fraction of sp³-hybridized carbons (Fsp3) is 0.500. The van der Waals surface area contributed by atoms with Crippen LogP contribution in [0.1, 0.15) is 25.7 Å². The number of hydrogen-bond donors (Lipinski definition) is 3. The number of hydrazine groups is 1. The van der Waals surface area contributed by atoms with Crippen molar-refractivity contribution in [1.82, 2.24) is 15.3 Å². The number of aliphatic carboxylic acids is 1. The number of pyridine rings is 1. The second-order valence-electron chi connectivity index (χ2n) is 5.11. The third-order valence-corrected chi connectivity index (χ3v) is 3.50. The van der Waals surface area contributed by atoms with Crippen LogP contribution in [0.5, 0.6) is 0 Å².